The van der Waals surface area contributed by atoms with Crippen molar-refractivity contribution in [3.63, 3.8) is 0 Å². The molecule has 1 atom stereocenters. The first kappa shape index (κ1) is 14.1. The minimum Gasteiger partial charge on any atom is -0.496 e. The minimum absolute atomic E-state index is 0.273. The molecular weight excluding hydrogens is 288 g/mol. The Morgan fingerprint density at radius 1 is 1.11 bits per heavy atom. The number of halogens is 3. The molecule has 0 aliphatic carbocycles. The number of ether oxygens (including phenoxy) is 1. The molecule has 0 bridgehead atoms. The van der Waals surface area contributed by atoms with E-state index in [1.807, 2.05) is 0 Å². The third kappa shape index (κ3) is 3.00. The highest BCUT2D eigenvalue weighted by Gasteiger charge is 2.17. The van der Waals surface area contributed by atoms with Crippen molar-refractivity contribution < 1.29 is 9.13 Å². The summed E-state index contributed by atoms with van der Waals surface area (Å²) in [4.78, 5) is 0. The Hall–Kier alpha value is -1.29. The maximum Gasteiger partial charge on any atom is 0.124 e. The highest BCUT2D eigenvalue weighted by molar-refractivity contribution is 6.31. The molecule has 0 amide bonds. The van der Waals surface area contributed by atoms with Crippen LogP contribution in [0.4, 0.5) is 4.39 Å². The van der Waals surface area contributed by atoms with E-state index in [2.05, 4.69) is 0 Å². The van der Waals surface area contributed by atoms with Crippen molar-refractivity contribution in [3.05, 3.63) is 63.4 Å². The number of benzene rings is 2. The number of methoxy groups -OCH3 is 1. The predicted octanol–water partition coefficient (Wildman–Crippen LogP) is 4.19. The monoisotopic (exact) mass is 299 g/mol. The van der Waals surface area contributed by atoms with E-state index in [0.717, 1.165) is 0 Å². The maximum atomic E-state index is 13.1. The van der Waals surface area contributed by atoms with Gasteiger partial charge in [0, 0.05) is 15.6 Å². The van der Waals surface area contributed by atoms with Crippen LogP contribution in [0.25, 0.3) is 0 Å². The van der Waals surface area contributed by atoms with Gasteiger partial charge in [0.15, 0.2) is 0 Å². The van der Waals surface area contributed by atoms with Crippen LogP contribution in [0.2, 0.25) is 10.0 Å². The van der Waals surface area contributed by atoms with Crippen LogP contribution in [0, 0.1) is 5.82 Å². The molecule has 2 nitrogen and oxygen atoms in total. The second-order valence-corrected chi connectivity index (χ2v) is 4.87. The Labute approximate surface area is 120 Å². The molecule has 19 heavy (non-hydrogen) atoms. The summed E-state index contributed by atoms with van der Waals surface area (Å²) in [6.07, 6.45) is 0. The second-order valence-electron chi connectivity index (χ2n) is 4.03. The summed E-state index contributed by atoms with van der Waals surface area (Å²) in [6.45, 7) is 0. The highest BCUT2D eigenvalue weighted by Crippen LogP contribution is 2.33. The minimum atomic E-state index is -0.540. The van der Waals surface area contributed by atoms with Gasteiger partial charge in [-0.25, -0.2) is 4.39 Å². The van der Waals surface area contributed by atoms with Gasteiger partial charge in [0.1, 0.15) is 11.6 Å². The summed E-state index contributed by atoms with van der Waals surface area (Å²) in [5.41, 5.74) is 7.48. The largest absolute Gasteiger partial charge is 0.496 e. The summed E-state index contributed by atoms with van der Waals surface area (Å²) in [6, 6.07) is 8.72. The zero-order chi connectivity index (χ0) is 14.0. The van der Waals surface area contributed by atoms with Crippen LogP contribution in [0.15, 0.2) is 36.4 Å². The molecule has 0 aliphatic rings. The van der Waals surface area contributed by atoms with Gasteiger partial charge in [0.25, 0.3) is 0 Å². The Kier molecular flexibility index (Phi) is 4.30. The Balaban J connectivity index is 2.49. The van der Waals surface area contributed by atoms with Crippen molar-refractivity contribution in [1.82, 2.24) is 0 Å². The molecule has 1 unspecified atom stereocenters. The van der Waals surface area contributed by atoms with E-state index in [9.17, 15) is 4.39 Å². The van der Waals surface area contributed by atoms with Gasteiger partial charge in [0.2, 0.25) is 0 Å². The molecule has 0 aromatic heterocycles. The molecule has 0 spiro atoms. The molecule has 5 heteroatoms. The van der Waals surface area contributed by atoms with Crippen LogP contribution in [-0.2, 0) is 0 Å². The van der Waals surface area contributed by atoms with Crippen molar-refractivity contribution in [2.75, 3.05) is 7.11 Å². The van der Waals surface area contributed by atoms with Gasteiger partial charge in [0.05, 0.1) is 13.2 Å². The van der Waals surface area contributed by atoms with Crippen LogP contribution in [0.1, 0.15) is 17.2 Å². The molecule has 2 N–H and O–H groups in total. The van der Waals surface area contributed by atoms with Gasteiger partial charge >= 0.3 is 0 Å². The van der Waals surface area contributed by atoms with Crippen molar-refractivity contribution in [3.8, 4) is 5.75 Å². The first-order valence-electron chi connectivity index (χ1n) is 5.57. The van der Waals surface area contributed by atoms with Gasteiger partial charge in [-0.05, 0) is 35.9 Å². The first-order chi connectivity index (χ1) is 9.02. The molecule has 0 heterocycles. The van der Waals surface area contributed by atoms with Gasteiger partial charge in [-0.1, -0.05) is 29.3 Å². The molecule has 2 aromatic carbocycles. The molecule has 0 saturated carbocycles. The zero-order valence-corrected chi connectivity index (χ0v) is 11.7. The molecule has 0 saturated heterocycles. The van der Waals surface area contributed by atoms with E-state index in [1.165, 1.54) is 12.1 Å². The number of rotatable bonds is 3. The standard InChI is InChI=1S/C14H12Cl2FNO/c1-19-13-5-2-8(15)6-11(13)14(18)10-4-3-9(17)7-12(10)16/h2-7,14H,18H2,1H3. The SMILES string of the molecule is COc1ccc(Cl)cc1C(N)c1ccc(F)cc1Cl. The Morgan fingerprint density at radius 2 is 1.84 bits per heavy atom. The molecular formula is C14H12Cl2FNO. The fourth-order valence-electron chi connectivity index (χ4n) is 1.87. The fourth-order valence-corrected chi connectivity index (χ4v) is 2.33. The van der Waals surface area contributed by atoms with Crippen LogP contribution < -0.4 is 10.5 Å². The number of hydrogen-bond acceptors (Lipinski definition) is 2. The number of nitrogens with two attached hydrogens (primary N) is 1. The van der Waals surface area contributed by atoms with Crippen molar-refractivity contribution in [2.45, 2.75) is 6.04 Å². The lowest BCUT2D eigenvalue weighted by atomic mass is 9.98. The van der Waals surface area contributed by atoms with Crippen molar-refractivity contribution in [1.29, 1.82) is 0 Å². The molecule has 2 rings (SSSR count). The third-order valence-electron chi connectivity index (χ3n) is 2.82. The van der Waals surface area contributed by atoms with Crippen LogP contribution in [-0.4, -0.2) is 7.11 Å². The van der Waals surface area contributed by atoms with E-state index in [1.54, 1.807) is 31.4 Å². The van der Waals surface area contributed by atoms with E-state index in [0.29, 0.717) is 21.9 Å². The summed E-state index contributed by atoms with van der Waals surface area (Å²) >= 11 is 12.0. The fraction of sp³-hybridized carbons (Fsp3) is 0.143. The highest BCUT2D eigenvalue weighted by atomic mass is 35.5. The quantitative estimate of drug-likeness (QED) is 0.922. The van der Waals surface area contributed by atoms with E-state index < -0.39 is 11.9 Å². The average molecular weight is 300 g/mol. The Morgan fingerprint density at radius 3 is 2.47 bits per heavy atom. The molecule has 2 aromatic rings. The van der Waals surface area contributed by atoms with E-state index >= 15 is 0 Å². The van der Waals surface area contributed by atoms with E-state index in [4.69, 9.17) is 33.7 Å². The van der Waals surface area contributed by atoms with Crippen molar-refractivity contribution >= 4 is 23.2 Å². The third-order valence-corrected chi connectivity index (χ3v) is 3.39. The van der Waals surface area contributed by atoms with Gasteiger partial charge in [-0.15, -0.1) is 0 Å². The van der Waals surface area contributed by atoms with Crippen LogP contribution in [0.5, 0.6) is 5.75 Å². The topological polar surface area (TPSA) is 35.2 Å². The first-order valence-corrected chi connectivity index (χ1v) is 6.32. The van der Waals surface area contributed by atoms with Gasteiger partial charge < -0.3 is 10.5 Å². The van der Waals surface area contributed by atoms with Crippen LogP contribution in [0.3, 0.4) is 0 Å². The zero-order valence-electron chi connectivity index (χ0n) is 10.2. The lowest BCUT2D eigenvalue weighted by Gasteiger charge is -2.17. The average Bonchev–Trinajstić information content (AvgIpc) is 2.38. The van der Waals surface area contributed by atoms with Gasteiger partial charge in [-0.2, -0.15) is 0 Å². The van der Waals surface area contributed by atoms with Crippen LogP contribution >= 0.6 is 23.2 Å². The lowest BCUT2D eigenvalue weighted by molar-refractivity contribution is 0.408. The van der Waals surface area contributed by atoms with Gasteiger partial charge in [-0.3, -0.25) is 0 Å². The lowest BCUT2D eigenvalue weighted by Crippen LogP contribution is -2.13. The summed E-state index contributed by atoms with van der Waals surface area (Å²) in [5.74, 6) is 0.205. The van der Waals surface area contributed by atoms with Crippen molar-refractivity contribution in [2.24, 2.45) is 5.73 Å². The maximum absolute atomic E-state index is 13.1. The second kappa shape index (κ2) is 5.78. The normalized spacial score (nSPS) is 12.3. The summed E-state index contributed by atoms with van der Waals surface area (Å²) < 4.78 is 18.3. The van der Waals surface area contributed by atoms with E-state index in [-0.39, 0.29) is 5.02 Å². The molecule has 100 valence electrons. The predicted molar refractivity (Wildman–Crippen MR) is 75.4 cm³/mol. The molecule has 0 radical (unpaired) electrons. The number of hydrogen-bond donors (Lipinski definition) is 1. The Bertz CT molecular complexity index is 604. The summed E-state index contributed by atoms with van der Waals surface area (Å²) in [5, 5.41) is 0.819. The summed E-state index contributed by atoms with van der Waals surface area (Å²) in [7, 11) is 1.55. The molecule has 0 fully saturated rings. The molecule has 0 aliphatic heterocycles. The smallest absolute Gasteiger partial charge is 0.124 e.